The van der Waals surface area contributed by atoms with Crippen molar-refractivity contribution in [3.8, 4) is 102 Å². The van der Waals surface area contributed by atoms with Crippen LogP contribution >= 0.6 is 0 Å². The predicted octanol–water partition coefficient (Wildman–Crippen LogP) is 27.7. The van der Waals surface area contributed by atoms with E-state index in [2.05, 4.69) is 272 Å². The summed E-state index contributed by atoms with van der Waals surface area (Å²) in [4.78, 5) is 18.5. The second-order valence-electron chi connectivity index (χ2n) is 33.1. The highest BCUT2D eigenvalue weighted by Crippen LogP contribution is 2.46. The van der Waals surface area contributed by atoms with Crippen LogP contribution in [0.2, 0.25) is 0 Å². The van der Waals surface area contributed by atoms with Crippen molar-refractivity contribution in [1.29, 1.82) is 0 Å². The fourth-order valence-corrected chi connectivity index (χ4v) is 21.5. The lowest BCUT2D eigenvalue weighted by Crippen LogP contribution is -2.49. The Hall–Kier alpha value is -14.1. The third-order valence-electron chi connectivity index (χ3n) is 23.6. The average molecular weight is 1850 g/mol. The lowest BCUT2D eigenvalue weighted by molar-refractivity contribution is 0.432. The van der Waals surface area contributed by atoms with E-state index in [4.69, 9.17) is 42.9 Å². The van der Waals surface area contributed by atoms with Crippen LogP contribution in [0.15, 0.2) is 394 Å². The molecule has 136 heavy (non-hydrogen) atoms. The zero-order chi connectivity index (χ0) is 93.2. The first-order valence-electron chi connectivity index (χ1n) is 45.2. The molecule has 6 heterocycles. The Morgan fingerprint density at radius 3 is 1.28 bits per heavy atom. The molecule has 0 saturated heterocycles. The van der Waals surface area contributed by atoms with Gasteiger partial charge in [0.15, 0.2) is 0 Å². The van der Waals surface area contributed by atoms with Crippen molar-refractivity contribution in [2.75, 3.05) is 3.88 Å². The molecule has 0 bridgehead atoms. The number of fused-ring (bicyclic) bond motifs is 6. The van der Waals surface area contributed by atoms with Crippen LogP contribution in [0.1, 0.15) is 57.5 Å². The second kappa shape index (κ2) is 43.9. The molecule has 0 spiro atoms. The average Bonchev–Trinajstić information content (AvgIpc) is 1.60. The molecule has 16 aromatic carbocycles. The van der Waals surface area contributed by atoms with Crippen molar-refractivity contribution in [2.24, 2.45) is 0 Å². The number of aryl methyl sites for hydroxylation is 7. The minimum Gasteiger partial charge on any atom is -0.615 e. The van der Waals surface area contributed by atoms with Gasteiger partial charge in [-0.3, -0.25) is 0 Å². The topological polar surface area (TPSA) is 147 Å². The first-order valence-corrected chi connectivity index (χ1v) is 50.4. The summed E-state index contributed by atoms with van der Waals surface area (Å²) in [6.07, 6.45) is 4.39. The standard InChI is InChI=1S/C24H18O.C12H10O.C11H11NO.C10H10NO.3C10H9NO.2C10H8O.C9H12O.5Al/c25-24-22(19-12-6-2-7-13-19)16-21(18-10-4-1-5-11-18)17-23(24)20-14-8-3-9-15-20;13-12-9-5-4-8-11(12)10-6-2-1-3-7-10;1-7-6-8(2)12-11-9(7)4-3-5-10(11)13;4*1-7-5-6-8-3-2-4-9(12)10(8)11-7;11-10-7-3-5-8-4-1-2-6-9(8)10;11-10-6-5-8-3-1-2-4-9(8)7-10;1-6-4-5-7(2)9(10)8(6)3;;;;;/h1-17,25H;1-9,13H;3-6,13H,1-2H3;2-7,12H,1H3;3*2-6,12H,1H3;2*1-7,11H;4-5,10H,1-3H3;;;;;/q;;;-1;;;;;;;4*+2;+3/p-10. The Morgan fingerprint density at radius 2 is 0.699 bits per heavy atom. The molecule has 0 saturated carbocycles. The second-order valence-corrected chi connectivity index (χ2v) is 37.4. The Labute approximate surface area is 825 Å². The molecule has 4 aromatic heterocycles. The van der Waals surface area contributed by atoms with E-state index in [9.17, 15) is 0 Å². The summed E-state index contributed by atoms with van der Waals surface area (Å²) >= 11 is -4.92. The van der Waals surface area contributed by atoms with E-state index >= 15 is 0 Å². The molecular formula is C116H94Al5N5O10. The molecule has 15 nitrogen and oxygen atoms in total. The fraction of sp³-hybridized carbons (Fsp3) is 0.0862. The van der Waals surface area contributed by atoms with Crippen LogP contribution in [0, 0.1) is 55.4 Å². The molecule has 0 aliphatic carbocycles. The van der Waals surface area contributed by atoms with Gasteiger partial charge in [0.1, 0.15) is 50.8 Å². The van der Waals surface area contributed by atoms with Gasteiger partial charge in [-0.05, 0) is 225 Å². The summed E-state index contributed by atoms with van der Waals surface area (Å²) in [6.45, 7) is 18.5. The monoisotopic (exact) mass is 1850 g/mol. The maximum Gasteiger partial charge on any atom is 1.04 e. The van der Waals surface area contributed by atoms with E-state index in [0.717, 1.165) is 185 Å². The highest BCUT2D eigenvalue weighted by atomic mass is 27.2. The van der Waals surface area contributed by atoms with E-state index in [1.807, 2.05) is 210 Å². The Bertz CT molecular complexity index is 7620. The SMILES string of the molecule is CC1C=Cc2cccc3c2[N]1[Al]([O]c1ccc2ccccc2c1)[O]3.Cc1cc(C)c2cccc([O][Al][O]c3ccccc3-c3ccccc3)c2n1.Cc1ccc2cccc([O][Al][O]c3c(-c4ccccc4)cc(-c4ccccc4)cc3-c3ccccc3)c2n1.Cc1ccc2cccc([O][Al][O]c3c(C)ccc(C)c3C)c2n1.Cc1ccc2cccc([O][Al][O]c3cccc4ccccc34)c2n1. The summed E-state index contributed by atoms with van der Waals surface area (Å²) in [6, 6.07) is 132. The number of pyridine rings is 4. The summed E-state index contributed by atoms with van der Waals surface area (Å²) in [5.74, 6) is 8.33. The van der Waals surface area contributed by atoms with Gasteiger partial charge in [0, 0.05) is 72.4 Å². The number of para-hydroxylation sites is 6. The Morgan fingerprint density at radius 1 is 0.287 bits per heavy atom. The molecule has 0 amide bonds. The summed E-state index contributed by atoms with van der Waals surface area (Å²) in [7, 11) is 0. The van der Waals surface area contributed by atoms with Crippen molar-refractivity contribution in [3.63, 3.8) is 0 Å². The highest BCUT2D eigenvalue weighted by Gasteiger charge is 2.54. The molecule has 658 valence electrons. The van der Waals surface area contributed by atoms with Crippen LogP contribution in [0.4, 0.5) is 5.69 Å². The molecule has 0 fully saturated rings. The van der Waals surface area contributed by atoms with Gasteiger partial charge in [0.05, 0.1) is 34.4 Å². The minimum absolute atomic E-state index is 0.290. The van der Waals surface area contributed by atoms with Crippen LogP contribution in [0.5, 0.6) is 57.5 Å². The van der Waals surface area contributed by atoms with Crippen LogP contribution in [-0.2, 0) is 0 Å². The number of benzene rings is 16. The van der Waals surface area contributed by atoms with Gasteiger partial charge in [-0.25, -0.2) is 19.9 Å². The van der Waals surface area contributed by atoms with Crippen molar-refractivity contribution in [3.05, 3.63) is 445 Å². The summed E-state index contributed by atoms with van der Waals surface area (Å²) < 4.78 is 63.6. The van der Waals surface area contributed by atoms with E-state index < -0.39 is 78.6 Å². The number of hydrogen-bond acceptors (Lipinski definition) is 15. The molecule has 22 rings (SSSR count). The maximum absolute atomic E-state index is 6.58. The minimum atomic E-state index is -2.04. The van der Waals surface area contributed by atoms with Crippen molar-refractivity contribution >= 4 is 156 Å². The zero-order valence-electron chi connectivity index (χ0n) is 76.9. The van der Waals surface area contributed by atoms with E-state index in [0.29, 0.717) is 6.04 Å². The lowest BCUT2D eigenvalue weighted by Gasteiger charge is -2.29. The number of hydrogen-bond donors (Lipinski definition) is 0. The van der Waals surface area contributed by atoms with E-state index in [1.54, 1.807) is 0 Å². The van der Waals surface area contributed by atoms with Gasteiger partial charge in [-0.1, -0.05) is 309 Å². The Kier molecular flexibility index (Phi) is 29.8. The lowest BCUT2D eigenvalue weighted by atomic mass is 9.92. The van der Waals surface area contributed by atoms with Gasteiger partial charge >= 0.3 is 78.6 Å². The molecule has 2 aliphatic rings. The molecular weight excluding hydrogens is 1760 g/mol. The van der Waals surface area contributed by atoms with Gasteiger partial charge in [-0.15, -0.1) is 0 Å². The van der Waals surface area contributed by atoms with Gasteiger partial charge in [-0.2, -0.15) is 0 Å². The van der Waals surface area contributed by atoms with Gasteiger partial charge < -0.3 is 41.8 Å². The number of anilines is 1. The molecule has 0 N–H and O–H groups in total. The number of nitrogens with zero attached hydrogens (tertiary/aromatic N) is 5. The van der Waals surface area contributed by atoms with Crippen LogP contribution in [-0.4, -0.2) is 105 Å². The maximum atomic E-state index is 6.58. The molecule has 1 atom stereocenters. The largest absolute Gasteiger partial charge is 1.04 e. The summed E-state index contributed by atoms with van der Waals surface area (Å²) in [5, 5.41) is 8.99. The van der Waals surface area contributed by atoms with Crippen molar-refractivity contribution in [2.45, 2.75) is 68.4 Å². The number of rotatable bonds is 22. The zero-order valence-corrected chi connectivity index (χ0v) is 82.7. The molecule has 2 aliphatic heterocycles. The number of aromatic nitrogens is 4. The van der Waals surface area contributed by atoms with E-state index in [1.165, 1.54) is 38.7 Å². The fourth-order valence-electron chi connectivity index (χ4n) is 16.6. The third kappa shape index (κ3) is 22.1. The van der Waals surface area contributed by atoms with Gasteiger partial charge in [0.2, 0.25) is 0 Å². The molecule has 4 radical (unpaired) electrons. The quantitative estimate of drug-likeness (QED) is 0.0592. The van der Waals surface area contributed by atoms with Crippen molar-refractivity contribution < 1.29 is 37.9 Å². The third-order valence-corrected chi connectivity index (χ3v) is 28.5. The molecule has 20 aromatic rings. The van der Waals surface area contributed by atoms with Crippen LogP contribution in [0.3, 0.4) is 0 Å². The Balaban J connectivity index is 0.000000115. The highest BCUT2D eigenvalue weighted by molar-refractivity contribution is 6.54. The van der Waals surface area contributed by atoms with Crippen LogP contribution < -0.4 is 41.8 Å². The normalized spacial score (nSPS) is 11.9. The van der Waals surface area contributed by atoms with Gasteiger partial charge in [0.25, 0.3) is 0 Å². The van der Waals surface area contributed by atoms with Crippen LogP contribution in [0.25, 0.3) is 116 Å². The first kappa shape index (κ1) is 92.3. The van der Waals surface area contributed by atoms with Crippen molar-refractivity contribution in [1.82, 2.24) is 19.9 Å². The predicted molar refractivity (Wildman–Crippen MR) is 556 cm³/mol. The molecule has 20 heteroatoms. The first-order chi connectivity index (χ1) is 66.6. The molecule has 1 unspecified atom stereocenters. The smallest absolute Gasteiger partial charge is 0.615 e. The van der Waals surface area contributed by atoms with E-state index in [-0.39, 0.29) is 0 Å². The summed E-state index contributed by atoms with van der Waals surface area (Å²) in [5.41, 5.74) is 23.3.